The van der Waals surface area contributed by atoms with Crippen molar-refractivity contribution in [2.24, 2.45) is 0 Å². The van der Waals surface area contributed by atoms with Gasteiger partial charge in [-0.3, -0.25) is 9.13 Å². The second-order valence-electron chi connectivity index (χ2n) is 6.55. The van der Waals surface area contributed by atoms with Crippen LogP contribution in [0.2, 0.25) is 0 Å². The zero-order valence-corrected chi connectivity index (χ0v) is 18.6. The minimum absolute atomic E-state index is 0. The molecule has 2 N–H and O–H groups in total. The molecule has 11 nitrogen and oxygen atoms in total. The Bertz CT molecular complexity index is 869. The summed E-state index contributed by atoms with van der Waals surface area (Å²) in [5, 5.41) is 13.8. The molecule has 0 bridgehead atoms. The molecule has 0 aliphatic carbocycles. The summed E-state index contributed by atoms with van der Waals surface area (Å²) in [5.41, 5.74) is 1.02. The van der Waals surface area contributed by atoms with Crippen molar-refractivity contribution < 1.29 is 57.9 Å². The van der Waals surface area contributed by atoms with Gasteiger partial charge in [-0.25, -0.2) is 15.0 Å². The average molecular weight is 421 g/mol. The van der Waals surface area contributed by atoms with Crippen molar-refractivity contribution in [3.63, 3.8) is 0 Å². The molecule has 0 spiro atoms. The Morgan fingerprint density at radius 1 is 1.39 bits per heavy atom. The largest absolute Gasteiger partial charge is 1.00 e. The van der Waals surface area contributed by atoms with Crippen LogP contribution < -0.4 is 39.8 Å². The number of hydrogen-bond acceptors (Lipinski definition) is 10. The van der Waals surface area contributed by atoms with Crippen LogP contribution >= 0.6 is 7.82 Å². The number of imidazole rings is 1. The van der Waals surface area contributed by atoms with E-state index in [0.29, 0.717) is 17.0 Å². The Hall–Kier alpha value is -0.620. The number of hydrogen-bond donors (Lipinski definition) is 2. The minimum Gasteiger partial charge on any atom is -0.756 e. The number of nitrogens with zero attached hydrogens (tertiary/aromatic N) is 4. The first-order chi connectivity index (χ1) is 13.0. The van der Waals surface area contributed by atoms with Gasteiger partial charge in [-0.05, 0) is 6.42 Å². The van der Waals surface area contributed by atoms with Gasteiger partial charge in [0.05, 0.1) is 12.9 Å². The number of aliphatic hydroxyl groups excluding tert-OH is 1. The fourth-order valence-electron chi connectivity index (χ4n) is 3.31. The van der Waals surface area contributed by atoms with Crippen molar-refractivity contribution in [2.45, 2.75) is 50.7 Å². The Morgan fingerprint density at radius 3 is 3.00 bits per heavy atom. The summed E-state index contributed by atoms with van der Waals surface area (Å²) in [6, 6.07) is 0. The topological polar surface area (TPSA) is 144 Å². The fraction of sp³-hybridized carbons (Fsp3) is 0.667. The molecule has 28 heavy (non-hydrogen) atoms. The Morgan fingerprint density at radius 2 is 2.21 bits per heavy atom. The molecular formula is C15H21N5NaO6P. The average Bonchev–Trinajstić information content (AvgIpc) is 3.20. The third-order valence-electron chi connectivity index (χ3n) is 4.66. The number of unbranched alkanes of at least 4 members (excludes halogenated alkanes) is 2. The molecule has 2 aromatic heterocycles. The number of phosphoric ester groups is 1. The monoisotopic (exact) mass is 421 g/mol. The predicted octanol–water partition coefficient (Wildman–Crippen LogP) is -2.43. The van der Waals surface area contributed by atoms with Crippen molar-refractivity contribution in [2.75, 3.05) is 18.5 Å². The van der Waals surface area contributed by atoms with Gasteiger partial charge in [-0.15, -0.1) is 0 Å². The molecule has 2 aromatic rings. The van der Waals surface area contributed by atoms with E-state index in [2.05, 4.69) is 31.7 Å². The van der Waals surface area contributed by atoms with Gasteiger partial charge < -0.3 is 29.1 Å². The Balaban J connectivity index is 0.00000225. The van der Waals surface area contributed by atoms with E-state index in [1.165, 1.54) is 12.7 Å². The zero-order chi connectivity index (χ0) is 19.0. The first kappa shape index (κ1) is 22.1. The number of rotatable bonds is 6. The normalized spacial score (nSPS) is 32.1. The predicted molar refractivity (Wildman–Crippen MR) is 91.7 cm³/mol. The first-order valence-electron chi connectivity index (χ1n) is 8.89. The van der Waals surface area contributed by atoms with Crippen LogP contribution in [0.1, 0.15) is 32.4 Å². The maximum atomic E-state index is 11.5. The molecule has 4 rings (SSSR count). The molecule has 2 aliphatic heterocycles. The molecule has 148 valence electrons. The van der Waals surface area contributed by atoms with Gasteiger partial charge in [0.15, 0.2) is 23.2 Å². The molecule has 0 amide bonds. The minimum atomic E-state index is -4.42. The standard InChI is InChI=1S/C15H22N5O6P.Na/c1-2-3-4-5-16-13-10-14(18-7-17-13)20(8-19-10)15-11(21)12-9(25-15)6-24-27(22,23)26-12;/h7-9,11-12,15,21H,2-6H2,1H3,(H,22,23)(H,16,17,18);/q;+1/p-1/t9-,11-,12-,15-;/m1./s1. The second kappa shape index (κ2) is 9.03. The smallest absolute Gasteiger partial charge is 0.756 e. The van der Waals surface area contributed by atoms with E-state index >= 15 is 0 Å². The van der Waals surface area contributed by atoms with Crippen LogP contribution in [0.4, 0.5) is 5.82 Å². The summed E-state index contributed by atoms with van der Waals surface area (Å²) in [4.78, 5) is 24.3. The molecule has 0 aromatic carbocycles. The van der Waals surface area contributed by atoms with E-state index in [-0.39, 0.29) is 36.2 Å². The summed E-state index contributed by atoms with van der Waals surface area (Å²) in [6.45, 7) is 2.70. The molecule has 0 saturated carbocycles. The molecule has 2 aliphatic rings. The van der Waals surface area contributed by atoms with E-state index in [1.807, 2.05) is 0 Å². The van der Waals surface area contributed by atoms with Gasteiger partial charge >= 0.3 is 29.6 Å². The van der Waals surface area contributed by atoms with E-state index in [4.69, 9.17) is 9.26 Å². The second-order valence-corrected chi connectivity index (χ2v) is 7.91. The molecule has 1 unspecified atom stereocenters. The first-order valence-corrected chi connectivity index (χ1v) is 10.3. The molecule has 2 saturated heterocycles. The SMILES string of the molecule is CCCCCNc1ncnc2c1ncn2[C@@H]1O[C@@H]2COP(=O)([O-])O[C@H]2[C@H]1O.[Na+]. The van der Waals surface area contributed by atoms with E-state index < -0.39 is 32.4 Å². The molecule has 4 heterocycles. The zero-order valence-electron chi connectivity index (χ0n) is 15.7. The van der Waals surface area contributed by atoms with Crippen LogP contribution in [0.15, 0.2) is 12.7 Å². The van der Waals surface area contributed by atoms with Crippen molar-refractivity contribution in [1.82, 2.24) is 19.5 Å². The maximum Gasteiger partial charge on any atom is 1.00 e. The third-order valence-corrected chi connectivity index (χ3v) is 5.63. The molecule has 5 atom stereocenters. The summed E-state index contributed by atoms with van der Waals surface area (Å²) < 4.78 is 28.3. The van der Waals surface area contributed by atoms with Crippen LogP contribution in [0, 0.1) is 0 Å². The molecule has 13 heteroatoms. The van der Waals surface area contributed by atoms with Crippen molar-refractivity contribution in [3.8, 4) is 0 Å². The van der Waals surface area contributed by atoms with Gasteiger partial charge in [0.2, 0.25) is 0 Å². The Kier molecular flexibility index (Phi) is 7.12. The van der Waals surface area contributed by atoms with E-state index in [1.54, 1.807) is 4.57 Å². The van der Waals surface area contributed by atoms with Gasteiger partial charge in [0, 0.05) is 6.54 Å². The van der Waals surface area contributed by atoms with Crippen molar-refractivity contribution in [3.05, 3.63) is 12.7 Å². The summed E-state index contributed by atoms with van der Waals surface area (Å²) in [7, 11) is -4.42. The Labute approximate surface area is 183 Å². The van der Waals surface area contributed by atoms with Crippen LogP contribution in [0.5, 0.6) is 0 Å². The van der Waals surface area contributed by atoms with Crippen LogP contribution in [0.3, 0.4) is 0 Å². The quantitative estimate of drug-likeness (QED) is 0.294. The van der Waals surface area contributed by atoms with Gasteiger partial charge in [-0.1, -0.05) is 19.8 Å². The van der Waals surface area contributed by atoms with Crippen LogP contribution in [-0.2, 0) is 18.3 Å². The number of nitrogens with one attached hydrogen (secondary N) is 1. The van der Waals surface area contributed by atoms with Gasteiger partial charge in [0.1, 0.15) is 24.6 Å². The van der Waals surface area contributed by atoms with E-state index in [9.17, 15) is 14.6 Å². The number of ether oxygens (including phenoxy) is 1. The number of aromatic nitrogens is 4. The summed E-state index contributed by atoms with van der Waals surface area (Å²) in [6.07, 6.45) is 2.31. The number of aliphatic hydroxyl groups is 1. The number of fused-ring (bicyclic) bond motifs is 2. The third kappa shape index (κ3) is 4.28. The van der Waals surface area contributed by atoms with Crippen LogP contribution in [0.25, 0.3) is 11.2 Å². The van der Waals surface area contributed by atoms with Crippen LogP contribution in [-0.4, -0.2) is 56.1 Å². The van der Waals surface area contributed by atoms with E-state index in [0.717, 1.165) is 25.8 Å². The molecule has 2 fully saturated rings. The fourth-order valence-corrected chi connectivity index (χ4v) is 4.26. The number of anilines is 1. The van der Waals surface area contributed by atoms with Gasteiger partial charge in [0.25, 0.3) is 7.82 Å². The molecule has 0 radical (unpaired) electrons. The van der Waals surface area contributed by atoms with Gasteiger partial charge in [-0.2, -0.15) is 0 Å². The van der Waals surface area contributed by atoms with Crippen molar-refractivity contribution >= 4 is 24.8 Å². The molecular weight excluding hydrogens is 400 g/mol. The van der Waals surface area contributed by atoms with Crippen molar-refractivity contribution in [1.29, 1.82) is 0 Å². The summed E-state index contributed by atoms with van der Waals surface area (Å²) >= 11 is 0. The number of phosphoric acid groups is 1. The summed E-state index contributed by atoms with van der Waals surface area (Å²) in [5.74, 6) is 0.600. The maximum absolute atomic E-state index is 11.5.